The van der Waals surface area contributed by atoms with Crippen LogP contribution in [-0.2, 0) is 6.54 Å². The molecule has 1 heterocycles. The summed E-state index contributed by atoms with van der Waals surface area (Å²) in [6.07, 6.45) is 0. The Hall–Kier alpha value is -1.66. The molecule has 0 bridgehead atoms. The molecule has 0 atom stereocenters. The van der Waals surface area contributed by atoms with E-state index in [1.54, 1.807) is 7.11 Å². The zero-order valence-corrected chi connectivity index (χ0v) is 11.4. The van der Waals surface area contributed by atoms with Gasteiger partial charge in [-0.05, 0) is 31.7 Å². The van der Waals surface area contributed by atoms with Crippen LogP contribution in [0.3, 0.4) is 0 Å². The molecule has 96 valence electrons. The number of hydrogen-bond acceptors (Lipinski definition) is 6. The van der Waals surface area contributed by atoms with Gasteiger partial charge in [-0.3, -0.25) is 0 Å². The number of methoxy groups -OCH3 is 1. The van der Waals surface area contributed by atoms with Crippen LogP contribution in [0.4, 0.5) is 0 Å². The summed E-state index contributed by atoms with van der Waals surface area (Å²) in [7, 11) is 3.49. The molecule has 0 aliphatic heterocycles. The van der Waals surface area contributed by atoms with Crippen molar-refractivity contribution >= 4 is 11.3 Å². The molecule has 0 fully saturated rings. The summed E-state index contributed by atoms with van der Waals surface area (Å²) in [4.78, 5) is 0. The van der Waals surface area contributed by atoms with Crippen LogP contribution in [-0.4, -0.2) is 24.4 Å². The van der Waals surface area contributed by atoms with Gasteiger partial charge in [-0.15, -0.1) is 5.10 Å². The van der Waals surface area contributed by atoms with Crippen LogP contribution < -0.4 is 14.8 Å². The van der Waals surface area contributed by atoms with Gasteiger partial charge < -0.3 is 14.8 Å². The van der Waals surface area contributed by atoms with Crippen molar-refractivity contribution < 1.29 is 9.47 Å². The van der Waals surface area contributed by atoms with Gasteiger partial charge in [0.1, 0.15) is 5.01 Å². The standard InChI is InChI=1S/C12H15N3O2S/c1-8-4-5-9(10(6-8)16-3)17-12-15-14-11(18-12)7-13-2/h4-6,13H,7H2,1-3H3. The first-order valence-corrected chi connectivity index (χ1v) is 6.34. The minimum absolute atomic E-state index is 0.516. The summed E-state index contributed by atoms with van der Waals surface area (Å²) in [6.45, 7) is 2.69. The highest BCUT2D eigenvalue weighted by atomic mass is 32.1. The summed E-state index contributed by atoms with van der Waals surface area (Å²) in [5.74, 6) is 1.34. The summed E-state index contributed by atoms with van der Waals surface area (Å²) >= 11 is 1.41. The Bertz CT molecular complexity index is 528. The van der Waals surface area contributed by atoms with Crippen LogP contribution in [0.2, 0.25) is 0 Å². The fraction of sp³-hybridized carbons (Fsp3) is 0.333. The lowest BCUT2D eigenvalue weighted by molar-refractivity contribution is 0.376. The SMILES string of the molecule is CNCc1nnc(Oc2ccc(C)cc2OC)s1. The zero-order valence-electron chi connectivity index (χ0n) is 10.6. The highest BCUT2D eigenvalue weighted by molar-refractivity contribution is 7.13. The molecular formula is C12H15N3O2S. The fourth-order valence-corrected chi connectivity index (χ4v) is 2.17. The molecule has 2 aromatic rings. The van der Waals surface area contributed by atoms with E-state index in [9.17, 15) is 0 Å². The third-order valence-corrected chi connectivity index (χ3v) is 3.09. The van der Waals surface area contributed by atoms with E-state index in [2.05, 4.69) is 15.5 Å². The minimum Gasteiger partial charge on any atom is -0.493 e. The molecule has 0 aliphatic rings. The maximum absolute atomic E-state index is 5.67. The smallest absolute Gasteiger partial charge is 0.299 e. The van der Waals surface area contributed by atoms with Gasteiger partial charge in [0.2, 0.25) is 0 Å². The van der Waals surface area contributed by atoms with Gasteiger partial charge >= 0.3 is 0 Å². The summed E-state index contributed by atoms with van der Waals surface area (Å²) < 4.78 is 10.9. The Morgan fingerprint density at radius 1 is 1.28 bits per heavy atom. The maximum atomic E-state index is 5.67. The van der Waals surface area contributed by atoms with E-state index in [1.165, 1.54) is 11.3 Å². The molecule has 0 unspecified atom stereocenters. The summed E-state index contributed by atoms with van der Waals surface area (Å²) in [5, 5.41) is 12.4. The molecule has 1 aromatic heterocycles. The first kappa shape index (κ1) is 12.8. The van der Waals surface area contributed by atoms with E-state index in [1.807, 2.05) is 32.2 Å². The molecule has 18 heavy (non-hydrogen) atoms. The van der Waals surface area contributed by atoms with Crippen molar-refractivity contribution in [2.24, 2.45) is 0 Å². The van der Waals surface area contributed by atoms with Crippen molar-refractivity contribution in [3.8, 4) is 16.7 Å². The van der Waals surface area contributed by atoms with E-state index in [-0.39, 0.29) is 0 Å². The van der Waals surface area contributed by atoms with E-state index in [0.29, 0.717) is 23.2 Å². The van der Waals surface area contributed by atoms with Crippen LogP contribution in [0, 0.1) is 6.92 Å². The van der Waals surface area contributed by atoms with Crippen LogP contribution in [0.15, 0.2) is 18.2 Å². The zero-order chi connectivity index (χ0) is 13.0. The molecule has 1 N–H and O–H groups in total. The molecule has 5 nitrogen and oxygen atoms in total. The molecule has 2 rings (SSSR count). The summed E-state index contributed by atoms with van der Waals surface area (Å²) in [6, 6.07) is 5.76. The van der Waals surface area contributed by atoms with E-state index in [4.69, 9.17) is 9.47 Å². The number of nitrogens with one attached hydrogen (secondary N) is 1. The lowest BCUT2D eigenvalue weighted by atomic mass is 10.2. The largest absolute Gasteiger partial charge is 0.493 e. The van der Waals surface area contributed by atoms with Gasteiger partial charge in [-0.1, -0.05) is 22.5 Å². The first-order valence-electron chi connectivity index (χ1n) is 5.52. The van der Waals surface area contributed by atoms with Crippen LogP contribution >= 0.6 is 11.3 Å². The average Bonchev–Trinajstić information content (AvgIpc) is 2.79. The number of aryl methyl sites for hydroxylation is 1. The Labute approximate surface area is 110 Å². The highest BCUT2D eigenvalue weighted by Crippen LogP contribution is 2.33. The number of aromatic nitrogens is 2. The normalized spacial score (nSPS) is 10.4. The predicted molar refractivity (Wildman–Crippen MR) is 70.5 cm³/mol. The summed E-state index contributed by atoms with van der Waals surface area (Å²) in [5.41, 5.74) is 1.12. The Balaban J connectivity index is 2.17. The number of ether oxygens (including phenoxy) is 2. The molecule has 1 aromatic carbocycles. The Kier molecular flexibility index (Phi) is 4.11. The Morgan fingerprint density at radius 3 is 2.83 bits per heavy atom. The molecular weight excluding hydrogens is 250 g/mol. The number of benzene rings is 1. The quantitative estimate of drug-likeness (QED) is 0.899. The van der Waals surface area contributed by atoms with E-state index in [0.717, 1.165) is 10.6 Å². The second kappa shape index (κ2) is 5.79. The maximum Gasteiger partial charge on any atom is 0.299 e. The minimum atomic E-state index is 0.516. The molecule has 0 aliphatic carbocycles. The van der Waals surface area contributed by atoms with Gasteiger partial charge in [0.15, 0.2) is 11.5 Å². The molecule has 0 spiro atoms. The van der Waals surface area contributed by atoms with Crippen LogP contribution in [0.5, 0.6) is 16.7 Å². The van der Waals surface area contributed by atoms with Gasteiger partial charge in [0.05, 0.1) is 7.11 Å². The topological polar surface area (TPSA) is 56.3 Å². The van der Waals surface area contributed by atoms with Crippen molar-refractivity contribution in [1.29, 1.82) is 0 Å². The highest BCUT2D eigenvalue weighted by Gasteiger charge is 2.09. The second-order valence-electron chi connectivity index (χ2n) is 3.75. The van der Waals surface area contributed by atoms with Crippen LogP contribution in [0.1, 0.15) is 10.6 Å². The molecule has 6 heteroatoms. The van der Waals surface area contributed by atoms with Crippen molar-refractivity contribution in [1.82, 2.24) is 15.5 Å². The number of nitrogens with zero attached hydrogens (tertiary/aromatic N) is 2. The predicted octanol–water partition coefficient (Wildman–Crippen LogP) is 2.37. The van der Waals surface area contributed by atoms with Crippen LogP contribution in [0.25, 0.3) is 0 Å². The van der Waals surface area contributed by atoms with Gasteiger partial charge in [-0.25, -0.2) is 0 Å². The van der Waals surface area contributed by atoms with Crippen molar-refractivity contribution in [3.05, 3.63) is 28.8 Å². The van der Waals surface area contributed by atoms with E-state index < -0.39 is 0 Å². The third kappa shape index (κ3) is 2.96. The third-order valence-electron chi connectivity index (χ3n) is 2.29. The number of hydrogen-bond donors (Lipinski definition) is 1. The molecule has 0 saturated carbocycles. The fourth-order valence-electron chi connectivity index (χ4n) is 1.46. The van der Waals surface area contributed by atoms with E-state index >= 15 is 0 Å². The van der Waals surface area contributed by atoms with Gasteiger partial charge in [-0.2, -0.15) is 0 Å². The van der Waals surface area contributed by atoms with Gasteiger partial charge in [0, 0.05) is 6.54 Å². The monoisotopic (exact) mass is 265 g/mol. The average molecular weight is 265 g/mol. The van der Waals surface area contributed by atoms with Crippen molar-refractivity contribution in [2.75, 3.05) is 14.2 Å². The second-order valence-corrected chi connectivity index (χ2v) is 4.77. The molecule has 0 radical (unpaired) electrons. The molecule has 0 amide bonds. The lowest BCUT2D eigenvalue weighted by Gasteiger charge is -2.08. The number of rotatable bonds is 5. The van der Waals surface area contributed by atoms with Crippen molar-refractivity contribution in [2.45, 2.75) is 13.5 Å². The molecule has 0 saturated heterocycles. The lowest BCUT2D eigenvalue weighted by Crippen LogP contribution is -2.04. The Morgan fingerprint density at radius 2 is 2.11 bits per heavy atom. The van der Waals surface area contributed by atoms with Gasteiger partial charge in [0.25, 0.3) is 5.19 Å². The van der Waals surface area contributed by atoms with Crippen molar-refractivity contribution in [3.63, 3.8) is 0 Å². The first-order chi connectivity index (χ1) is 8.72.